The molecule has 0 aliphatic heterocycles. The third kappa shape index (κ3) is 2.35. The fourth-order valence-electron chi connectivity index (χ4n) is 2.43. The molecular formula is C13H13FO3. The number of halogens is 1. The number of carboxylic acid groups (broad SMARTS) is 1. The average molecular weight is 236 g/mol. The Morgan fingerprint density at radius 2 is 1.94 bits per heavy atom. The zero-order chi connectivity index (χ0) is 12.4. The molecule has 1 saturated carbocycles. The highest BCUT2D eigenvalue weighted by molar-refractivity contribution is 6.00. The third-order valence-electron chi connectivity index (χ3n) is 3.28. The van der Waals surface area contributed by atoms with E-state index in [9.17, 15) is 14.0 Å². The second-order valence-electron chi connectivity index (χ2n) is 4.36. The molecule has 4 heteroatoms. The molecule has 1 aliphatic carbocycles. The molecule has 17 heavy (non-hydrogen) atoms. The van der Waals surface area contributed by atoms with Gasteiger partial charge in [-0.05, 0) is 25.0 Å². The minimum atomic E-state index is -0.933. The lowest BCUT2D eigenvalue weighted by Gasteiger charge is -2.14. The van der Waals surface area contributed by atoms with E-state index in [1.807, 2.05) is 0 Å². The van der Waals surface area contributed by atoms with Crippen molar-refractivity contribution in [1.29, 1.82) is 0 Å². The SMILES string of the molecule is O=C(O)[C@H]1CCC[C@H]1C(=O)c1cccc(F)c1. The van der Waals surface area contributed by atoms with Crippen LogP contribution in [0.4, 0.5) is 4.39 Å². The molecule has 0 aromatic heterocycles. The van der Waals surface area contributed by atoms with Gasteiger partial charge < -0.3 is 5.11 Å². The van der Waals surface area contributed by atoms with Gasteiger partial charge in [-0.2, -0.15) is 0 Å². The van der Waals surface area contributed by atoms with Crippen LogP contribution in [0.15, 0.2) is 24.3 Å². The monoisotopic (exact) mass is 236 g/mol. The quantitative estimate of drug-likeness (QED) is 0.820. The van der Waals surface area contributed by atoms with Crippen molar-refractivity contribution >= 4 is 11.8 Å². The summed E-state index contributed by atoms with van der Waals surface area (Å²) in [6.07, 6.45) is 1.84. The van der Waals surface area contributed by atoms with Crippen LogP contribution in [-0.2, 0) is 4.79 Å². The van der Waals surface area contributed by atoms with Crippen molar-refractivity contribution in [3.63, 3.8) is 0 Å². The van der Waals surface area contributed by atoms with Crippen LogP contribution in [-0.4, -0.2) is 16.9 Å². The number of ketones is 1. The fraction of sp³-hybridized carbons (Fsp3) is 0.385. The molecule has 3 nitrogen and oxygen atoms in total. The Hall–Kier alpha value is -1.71. The molecule has 0 bridgehead atoms. The number of rotatable bonds is 3. The number of carbonyl (C=O) groups is 2. The summed E-state index contributed by atoms with van der Waals surface area (Å²) in [5.74, 6) is -2.78. The molecule has 1 fully saturated rings. The maximum Gasteiger partial charge on any atom is 0.307 e. The van der Waals surface area contributed by atoms with Crippen LogP contribution in [0.1, 0.15) is 29.6 Å². The number of hydrogen-bond donors (Lipinski definition) is 1. The van der Waals surface area contributed by atoms with E-state index >= 15 is 0 Å². The first-order valence-electron chi connectivity index (χ1n) is 5.62. The largest absolute Gasteiger partial charge is 0.481 e. The summed E-state index contributed by atoms with van der Waals surface area (Å²) in [5, 5.41) is 9.01. The lowest BCUT2D eigenvalue weighted by atomic mass is 9.88. The summed E-state index contributed by atoms with van der Waals surface area (Å²) in [6.45, 7) is 0. The Labute approximate surface area is 98.3 Å². The third-order valence-corrected chi connectivity index (χ3v) is 3.28. The van der Waals surface area contributed by atoms with Crippen molar-refractivity contribution in [2.24, 2.45) is 11.8 Å². The highest BCUT2D eigenvalue weighted by atomic mass is 19.1. The molecule has 2 rings (SSSR count). The molecule has 0 amide bonds. The highest BCUT2D eigenvalue weighted by Crippen LogP contribution is 2.34. The smallest absolute Gasteiger partial charge is 0.307 e. The molecule has 0 unspecified atom stereocenters. The van der Waals surface area contributed by atoms with Crippen molar-refractivity contribution in [2.45, 2.75) is 19.3 Å². The standard InChI is InChI=1S/C13H13FO3/c14-9-4-1-3-8(7-9)12(15)10-5-2-6-11(10)13(16)17/h1,3-4,7,10-11H,2,5-6H2,(H,16,17)/t10-,11+/m1/s1. The molecule has 90 valence electrons. The zero-order valence-corrected chi connectivity index (χ0v) is 9.23. The zero-order valence-electron chi connectivity index (χ0n) is 9.23. The topological polar surface area (TPSA) is 54.4 Å². The minimum absolute atomic E-state index is 0.255. The van der Waals surface area contributed by atoms with Gasteiger partial charge in [0, 0.05) is 11.5 Å². The molecule has 1 aliphatic rings. The maximum atomic E-state index is 13.0. The lowest BCUT2D eigenvalue weighted by molar-refractivity contribution is -0.142. The van der Waals surface area contributed by atoms with Gasteiger partial charge in [0.15, 0.2) is 5.78 Å². The van der Waals surface area contributed by atoms with Crippen molar-refractivity contribution in [3.8, 4) is 0 Å². The van der Waals surface area contributed by atoms with E-state index in [2.05, 4.69) is 0 Å². The van der Waals surface area contributed by atoms with E-state index < -0.39 is 23.6 Å². The number of aliphatic carboxylic acids is 1. The summed E-state index contributed by atoms with van der Waals surface area (Å²) in [6, 6.07) is 5.43. The number of carboxylic acids is 1. The first-order chi connectivity index (χ1) is 8.09. The Morgan fingerprint density at radius 1 is 1.24 bits per heavy atom. The molecule has 0 heterocycles. The van der Waals surface area contributed by atoms with Gasteiger partial charge in [-0.3, -0.25) is 9.59 Å². The number of carbonyl (C=O) groups excluding carboxylic acids is 1. The van der Waals surface area contributed by atoms with Gasteiger partial charge in [0.1, 0.15) is 5.82 Å². The van der Waals surface area contributed by atoms with Crippen LogP contribution in [0.2, 0.25) is 0 Å². The molecule has 2 atom stereocenters. The molecular weight excluding hydrogens is 223 g/mol. The Balaban J connectivity index is 2.23. The summed E-state index contributed by atoms with van der Waals surface area (Å²) in [7, 11) is 0. The number of benzene rings is 1. The highest BCUT2D eigenvalue weighted by Gasteiger charge is 2.37. The minimum Gasteiger partial charge on any atom is -0.481 e. The van der Waals surface area contributed by atoms with E-state index in [4.69, 9.17) is 5.11 Å². The van der Waals surface area contributed by atoms with E-state index in [1.165, 1.54) is 24.3 Å². The van der Waals surface area contributed by atoms with Gasteiger partial charge >= 0.3 is 5.97 Å². The van der Waals surface area contributed by atoms with Crippen LogP contribution in [0, 0.1) is 17.7 Å². The summed E-state index contributed by atoms with van der Waals surface area (Å²) < 4.78 is 13.0. The predicted octanol–water partition coefficient (Wildman–Crippen LogP) is 2.51. The van der Waals surface area contributed by atoms with E-state index in [1.54, 1.807) is 0 Å². The van der Waals surface area contributed by atoms with Crippen LogP contribution in [0.25, 0.3) is 0 Å². The Morgan fingerprint density at radius 3 is 2.59 bits per heavy atom. The van der Waals surface area contributed by atoms with Gasteiger partial charge in [0.25, 0.3) is 0 Å². The predicted molar refractivity (Wildman–Crippen MR) is 59.2 cm³/mol. The van der Waals surface area contributed by atoms with Crippen molar-refractivity contribution < 1.29 is 19.1 Å². The lowest BCUT2D eigenvalue weighted by Crippen LogP contribution is -2.25. The van der Waals surface area contributed by atoms with Crippen molar-refractivity contribution in [2.75, 3.05) is 0 Å². The van der Waals surface area contributed by atoms with Gasteiger partial charge in [-0.15, -0.1) is 0 Å². The van der Waals surface area contributed by atoms with Crippen LogP contribution < -0.4 is 0 Å². The van der Waals surface area contributed by atoms with Crippen molar-refractivity contribution in [1.82, 2.24) is 0 Å². The molecule has 1 aromatic rings. The summed E-state index contributed by atoms with van der Waals surface area (Å²) >= 11 is 0. The fourth-order valence-corrected chi connectivity index (χ4v) is 2.43. The first kappa shape index (κ1) is 11.8. The number of hydrogen-bond acceptors (Lipinski definition) is 2. The van der Waals surface area contributed by atoms with E-state index in [-0.39, 0.29) is 11.3 Å². The average Bonchev–Trinajstić information content (AvgIpc) is 2.77. The Bertz CT molecular complexity index is 456. The van der Waals surface area contributed by atoms with Crippen molar-refractivity contribution in [3.05, 3.63) is 35.6 Å². The summed E-state index contributed by atoms with van der Waals surface area (Å²) in [5.41, 5.74) is 0.267. The number of Topliss-reactive ketones (excluding diaryl/α,β-unsaturated/α-hetero) is 1. The first-order valence-corrected chi connectivity index (χ1v) is 5.62. The summed E-state index contributed by atoms with van der Waals surface area (Å²) in [4.78, 5) is 23.1. The van der Waals surface area contributed by atoms with Gasteiger partial charge in [0.2, 0.25) is 0 Å². The van der Waals surface area contributed by atoms with E-state index in [0.29, 0.717) is 12.8 Å². The van der Waals surface area contributed by atoms with Crippen LogP contribution >= 0.6 is 0 Å². The van der Waals surface area contributed by atoms with Gasteiger partial charge in [0.05, 0.1) is 5.92 Å². The van der Waals surface area contributed by atoms with Crippen LogP contribution in [0.5, 0.6) is 0 Å². The Kier molecular flexibility index (Phi) is 3.22. The van der Waals surface area contributed by atoms with E-state index in [0.717, 1.165) is 6.42 Å². The molecule has 1 N–H and O–H groups in total. The molecule has 0 spiro atoms. The van der Waals surface area contributed by atoms with Gasteiger partial charge in [-0.1, -0.05) is 18.6 Å². The molecule has 0 radical (unpaired) electrons. The maximum absolute atomic E-state index is 13.0. The van der Waals surface area contributed by atoms with Gasteiger partial charge in [-0.25, -0.2) is 4.39 Å². The molecule has 0 saturated heterocycles. The normalized spacial score (nSPS) is 23.6. The second-order valence-corrected chi connectivity index (χ2v) is 4.36. The second kappa shape index (κ2) is 4.65. The van der Waals surface area contributed by atoms with Crippen LogP contribution in [0.3, 0.4) is 0 Å². The molecule has 1 aromatic carbocycles.